The van der Waals surface area contributed by atoms with Crippen molar-refractivity contribution in [2.24, 2.45) is 0 Å². The molecule has 1 rings (SSSR count). The first-order valence-electron chi connectivity index (χ1n) is 4.85. The van der Waals surface area contributed by atoms with Crippen LogP contribution in [0, 0.1) is 0 Å². The molecule has 0 amide bonds. The Morgan fingerprint density at radius 1 is 1.69 bits per heavy atom. The number of aliphatic hydroxyl groups excluding tert-OH is 1. The highest BCUT2D eigenvalue weighted by atomic mass is 16.5. The van der Waals surface area contributed by atoms with Crippen molar-refractivity contribution in [3.05, 3.63) is 0 Å². The fourth-order valence-electron chi connectivity index (χ4n) is 1.72. The molecule has 1 fully saturated rings. The fourth-order valence-corrected chi connectivity index (χ4v) is 1.72. The van der Waals surface area contributed by atoms with Gasteiger partial charge < -0.3 is 15.2 Å². The van der Waals surface area contributed by atoms with Crippen LogP contribution in [0.3, 0.4) is 0 Å². The van der Waals surface area contributed by atoms with Crippen LogP contribution < -0.4 is 5.32 Å². The van der Waals surface area contributed by atoms with E-state index in [0.29, 0.717) is 12.6 Å². The summed E-state index contributed by atoms with van der Waals surface area (Å²) in [5.74, 6) is 0. The number of rotatable bonds is 4. The van der Waals surface area contributed by atoms with Gasteiger partial charge in [-0.1, -0.05) is 0 Å². The molecule has 13 heavy (non-hydrogen) atoms. The topological polar surface area (TPSA) is 44.7 Å². The summed E-state index contributed by atoms with van der Waals surface area (Å²) in [6.07, 6.45) is -0.352. The van der Waals surface area contributed by atoms with E-state index in [1.54, 1.807) is 7.11 Å². The number of methoxy groups -OCH3 is 1. The Labute approximate surface area is 79.9 Å². The molecule has 0 bridgehead atoms. The second kappa shape index (κ2) is 5.54. The molecule has 0 aliphatic carbocycles. The first kappa shape index (κ1) is 10.9. The summed E-state index contributed by atoms with van der Waals surface area (Å²) in [5.41, 5.74) is 0. The maximum atomic E-state index is 9.50. The average Bonchev–Trinajstić information content (AvgIpc) is 2.04. The van der Waals surface area contributed by atoms with Gasteiger partial charge in [0, 0.05) is 39.3 Å². The van der Waals surface area contributed by atoms with Gasteiger partial charge in [0.2, 0.25) is 0 Å². The van der Waals surface area contributed by atoms with Crippen molar-refractivity contribution < 1.29 is 9.84 Å². The Morgan fingerprint density at radius 2 is 2.46 bits per heavy atom. The molecule has 0 aromatic rings. The van der Waals surface area contributed by atoms with Crippen LogP contribution >= 0.6 is 0 Å². The summed E-state index contributed by atoms with van der Waals surface area (Å²) in [5, 5.41) is 12.9. The minimum Gasteiger partial charge on any atom is -0.389 e. The van der Waals surface area contributed by atoms with E-state index in [2.05, 4.69) is 17.1 Å². The van der Waals surface area contributed by atoms with Gasteiger partial charge in [0.1, 0.15) is 0 Å². The van der Waals surface area contributed by atoms with Crippen molar-refractivity contribution in [3.8, 4) is 0 Å². The van der Waals surface area contributed by atoms with E-state index in [9.17, 15) is 5.11 Å². The van der Waals surface area contributed by atoms with Gasteiger partial charge in [-0.2, -0.15) is 0 Å². The van der Waals surface area contributed by atoms with Crippen molar-refractivity contribution in [2.45, 2.75) is 19.1 Å². The maximum Gasteiger partial charge on any atom is 0.0900 e. The minimum absolute atomic E-state index is 0.352. The number of nitrogens with zero attached hydrogens (tertiary/aromatic N) is 1. The Bertz CT molecular complexity index is 144. The Balaban J connectivity index is 2.19. The predicted molar refractivity (Wildman–Crippen MR) is 51.8 cm³/mol. The molecule has 0 spiro atoms. The number of hydrogen-bond acceptors (Lipinski definition) is 4. The summed E-state index contributed by atoms with van der Waals surface area (Å²) >= 11 is 0. The van der Waals surface area contributed by atoms with Crippen LogP contribution in [0.15, 0.2) is 0 Å². The van der Waals surface area contributed by atoms with Gasteiger partial charge in [-0.25, -0.2) is 0 Å². The van der Waals surface area contributed by atoms with Gasteiger partial charge in [0.05, 0.1) is 12.7 Å². The number of hydrogen-bond donors (Lipinski definition) is 2. The zero-order chi connectivity index (χ0) is 9.68. The molecule has 4 nitrogen and oxygen atoms in total. The van der Waals surface area contributed by atoms with Crippen molar-refractivity contribution >= 4 is 0 Å². The molecule has 1 aliphatic rings. The van der Waals surface area contributed by atoms with Gasteiger partial charge in [-0.3, -0.25) is 4.90 Å². The SMILES string of the molecule is COCC(O)CN1CCN[C@H](C)C1. The van der Waals surface area contributed by atoms with Crippen molar-refractivity contribution in [1.82, 2.24) is 10.2 Å². The third-order valence-electron chi connectivity index (χ3n) is 2.28. The molecule has 2 N–H and O–H groups in total. The van der Waals surface area contributed by atoms with E-state index in [0.717, 1.165) is 26.2 Å². The van der Waals surface area contributed by atoms with E-state index in [1.165, 1.54) is 0 Å². The number of piperazine rings is 1. The van der Waals surface area contributed by atoms with Crippen molar-refractivity contribution in [3.63, 3.8) is 0 Å². The third kappa shape index (κ3) is 4.04. The Hall–Kier alpha value is -0.160. The summed E-state index contributed by atoms with van der Waals surface area (Å²) in [6, 6.07) is 0.531. The predicted octanol–water partition coefficient (Wildman–Crippen LogP) is -0.713. The standard InChI is InChI=1S/C9H20N2O2/c1-8-5-11(4-3-10-8)6-9(12)7-13-2/h8-10,12H,3-7H2,1-2H3/t8-,9?/m1/s1. The lowest BCUT2D eigenvalue weighted by Gasteiger charge is -2.32. The molecule has 1 saturated heterocycles. The summed E-state index contributed by atoms with van der Waals surface area (Å²) < 4.78 is 4.88. The van der Waals surface area contributed by atoms with Gasteiger partial charge in [0.15, 0.2) is 0 Å². The smallest absolute Gasteiger partial charge is 0.0900 e. The molecular formula is C9H20N2O2. The molecule has 4 heteroatoms. The first-order valence-corrected chi connectivity index (χ1v) is 4.85. The van der Waals surface area contributed by atoms with E-state index >= 15 is 0 Å². The molecule has 1 aliphatic heterocycles. The number of β-amino-alcohol motifs (C(OH)–C–C–N with tert-alkyl or cyclic N) is 1. The summed E-state index contributed by atoms with van der Waals surface area (Å²) in [4.78, 5) is 2.27. The highest BCUT2D eigenvalue weighted by Gasteiger charge is 2.17. The van der Waals surface area contributed by atoms with Crippen LogP contribution in [0.25, 0.3) is 0 Å². The monoisotopic (exact) mass is 188 g/mol. The number of nitrogens with one attached hydrogen (secondary N) is 1. The van der Waals surface area contributed by atoms with E-state index in [4.69, 9.17) is 4.74 Å². The lowest BCUT2D eigenvalue weighted by molar-refractivity contribution is 0.0317. The molecular weight excluding hydrogens is 168 g/mol. The molecule has 1 heterocycles. The van der Waals surface area contributed by atoms with Crippen LogP contribution in [0.5, 0.6) is 0 Å². The minimum atomic E-state index is -0.352. The number of aliphatic hydroxyl groups is 1. The van der Waals surface area contributed by atoms with E-state index in [1.807, 2.05) is 0 Å². The maximum absolute atomic E-state index is 9.50. The third-order valence-corrected chi connectivity index (χ3v) is 2.28. The molecule has 0 saturated carbocycles. The second-order valence-corrected chi connectivity index (χ2v) is 3.72. The largest absolute Gasteiger partial charge is 0.389 e. The second-order valence-electron chi connectivity index (χ2n) is 3.72. The zero-order valence-electron chi connectivity index (χ0n) is 8.49. The van der Waals surface area contributed by atoms with Crippen LogP contribution in [-0.2, 0) is 4.74 Å². The molecule has 78 valence electrons. The van der Waals surface area contributed by atoms with Gasteiger partial charge in [-0.05, 0) is 6.92 Å². The highest BCUT2D eigenvalue weighted by molar-refractivity contribution is 4.76. The van der Waals surface area contributed by atoms with Crippen LogP contribution in [0.1, 0.15) is 6.92 Å². The van der Waals surface area contributed by atoms with Crippen LogP contribution in [-0.4, -0.2) is 62.0 Å². The molecule has 0 aromatic heterocycles. The highest BCUT2D eigenvalue weighted by Crippen LogP contribution is 2.00. The van der Waals surface area contributed by atoms with Crippen LogP contribution in [0.2, 0.25) is 0 Å². The fraction of sp³-hybridized carbons (Fsp3) is 1.00. The lowest BCUT2D eigenvalue weighted by Crippen LogP contribution is -2.51. The average molecular weight is 188 g/mol. The molecule has 0 radical (unpaired) electrons. The quantitative estimate of drug-likeness (QED) is 0.611. The number of ether oxygens (including phenoxy) is 1. The van der Waals surface area contributed by atoms with Crippen molar-refractivity contribution in [2.75, 3.05) is 39.9 Å². The van der Waals surface area contributed by atoms with E-state index in [-0.39, 0.29) is 6.10 Å². The molecule has 2 atom stereocenters. The lowest BCUT2D eigenvalue weighted by atomic mass is 10.2. The molecule has 0 aromatic carbocycles. The first-order chi connectivity index (χ1) is 6.22. The normalized spacial score (nSPS) is 27.5. The Morgan fingerprint density at radius 3 is 3.08 bits per heavy atom. The molecule has 1 unspecified atom stereocenters. The Kier molecular flexibility index (Phi) is 4.66. The summed E-state index contributed by atoms with van der Waals surface area (Å²) in [7, 11) is 1.61. The zero-order valence-corrected chi connectivity index (χ0v) is 8.49. The van der Waals surface area contributed by atoms with Crippen LogP contribution in [0.4, 0.5) is 0 Å². The van der Waals surface area contributed by atoms with Gasteiger partial charge in [0.25, 0.3) is 0 Å². The van der Waals surface area contributed by atoms with Crippen molar-refractivity contribution in [1.29, 1.82) is 0 Å². The summed E-state index contributed by atoms with van der Waals surface area (Å²) in [6.45, 7) is 6.36. The van der Waals surface area contributed by atoms with E-state index < -0.39 is 0 Å². The van der Waals surface area contributed by atoms with Gasteiger partial charge >= 0.3 is 0 Å². The van der Waals surface area contributed by atoms with Gasteiger partial charge in [-0.15, -0.1) is 0 Å².